The van der Waals surface area contributed by atoms with E-state index in [1.807, 2.05) is 11.3 Å². The lowest BCUT2D eigenvalue weighted by Gasteiger charge is -2.26. The summed E-state index contributed by atoms with van der Waals surface area (Å²) in [6, 6.07) is 94.1. The van der Waals surface area contributed by atoms with E-state index in [0.29, 0.717) is 0 Å². The number of para-hydroxylation sites is 2. The molecule has 0 spiro atoms. The van der Waals surface area contributed by atoms with Crippen molar-refractivity contribution in [2.24, 2.45) is 0 Å². The molecule has 0 amide bonds. The van der Waals surface area contributed by atoms with Crippen molar-refractivity contribution >= 4 is 124 Å². The molecule has 2 nitrogen and oxygen atoms in total. The van der Waals surface area contributed by atoms with Gasteiger partial charge in [0.25, 0.3) is 0 Å². The Hall–Kier alpha value is -8.76. The van der Waals surface area contributed by atoms with Gasteiger partial charge in [-0.05, 0) is 126 Å². The Morgan fingerprint density at radius 1 is 0.275 bits per heavy atom. The molecule has 3 heteroatoms. The van der Waals surface area contributed by atoms with Gasteiger partial charge >= 0.3 is 0 Å². The Morgan fingerprint density at radius 2 is 0.710 bits per heavy atom. The van der Waals surface area contributed by atoms with E-state index in [0.717, 1.165) is 22.7 Å². The maximum absolute atomic E-state index is 2.45. The van der Waals surface area contributed by atoms with Gasteiger partial charge in [0.15, 0.2) is 0 Å². The highest BCUT2D eigenvalue weighted by molar-refractivity contribution is 7.26. The van der Waals surface area contributed by atoms with Gasteiger partial charge in [-0.2, -0.15) is 0 Å². The van der Waals surface area contributed by atoms with Crippen molar-refractivity contribution in [1.29, 1.82) is 0 Å². The Labute approximate surface area is 403 Å². The fourth-order valence-corrected chi connectivity index (χ4v) is 12.4. The largest absolute Gasteiger partial charge is 0.310 e. The van der Waals surface area contributed by atoms with E-state index < -0.39 is 0 Å². The SMILES string of the molecule is c1ccc(-c2ccc(N(c3ccc4c(c3)c3ccccc3c3ccccc3c3ccccc3c3c4ccc4c5ccccc5sc43)c3ccc4c(c3)c3ccccc3n4-c3ccccc3)cc2)cc1. The minimum atomic E-state index is 1.08. The summed E-state index contributed by atoms with van der Waals surface area (Å²) in [4.78, 5) is 2.45. The van der Waals surface area contributed by atoms with Crippen molar-refractivity contribution in [3.63, 3.8) is 0 Å². The van der Waals surface area contributed by atoms with Crippen LogP contribution in [0.3, 0.4) is 0 Å². The van der Waals surface area contributed by atoms with Gasteiger partial charge in [-0.3, -0.25) is 0 Å². The van der Waals surface area contributed by atoms with Crippen LogP contribution in [-0.2, 0) is 0 Å². The third kappa shape index (κ3) is 6.32. The van der Waals surface area contributed by atoms with Crippen LogP contribution in [0.2, 0.25) is 0 Å². The van der Waals surface area contributed by atoms with Gasteiger partial charge in [0.2, 0.25) is 0 Å². The van der Waals surface area contributed by atoms with Gasteiger partial charge < -0.3 is 9.47 Å². The normalized spacial score (nSPS) is 11.8. The quantitative estimate of drug-likeness (QED) is 0.167. The number of rotatable bonds is 5. The number of thiophene rings is 1. The number of hydrogen-bond donors (Lipinski definition) is 0. The van der Waals surface area contributed by atoms with Crippen LogP contribution >= 0.6 is 11.3 Å². The van der Waals surface area contributed by atoms with Gasteiger partial charge in [0.1, 0.15) is 0 Å². The third-order valence-electron chi connectivity index (χ3n) is 14.2. The lowest BCUT2D eigenvalue weighted by Crippen LogP contribution is -2.10. The van der Waals surface area contributed by atoms with Crippen molar-refractivity contribution in [2.45, 2.75) is 0 Å². The number of nitrogens with zero attached hydrogens (tertiary/aromatic N) is 2. The molecular weight excluding hydrogens is 853 g/mol. The molecular formula is C66H42N2S. The first-order valence-corrected chi connectivity index (χ1v) is 24.5. The maximum Gasteiger partial charge on any atom is 0.0542 e. The molecule has 69 heavy (non-hydrogen) atoms. The predicted molar refractivity (Wildman–Crippen MR) is 299 cm³/mol. The number of hydrogen-bond acceptors (Lipinski definition) is 2. The Kier molecular flexibility index (Phi) is 9.11. The molecule has 0 aliphatic heterocycles. The Bertz CT molecular complexity index is 4410. The van der Waals surface area contributed by atoms with Crippen molar-refractivity contribution in [2.75, 3.05) is 4.90 Å². The van der Waals surface area contributed by atoms with Crippen LogP contribution in [0.25, 0.3) is 113 Å². The molecule has 0 saturated carbocycles. The van der Waals surface area contributed by atoms with Crippen molar-refractivity contribution in [3.8, 4) is 16.8 Å². The molecule has 0 saturated heterocycles. The maximum atomic E-state index is 2.45. The van der Waals surface area contributed by atoms with Gasteiger partial charge in [0.05, 0.1) is 11.0 Å². The van der Waals surface area contributed by atoms with E-state index in [-0.39, 0.29) is 0 Å². The molecule has 0 radical (unpaired) electrons. The highest BCUT2D eigenvalue weighted by Crippen LogP contribution is 2.46. The third-order valence-corrected chi connectivity index (χ3v) is 15.4. The summed E-state index contributed by atoms with van der Waals surface area (Å²) in [6.07, 6.45) is 0. The van der Waals surface area contributed by atoms with Crippen molar-refractivity contribution in [3.05, 3.63) is 255 Å². The smallest absolute Gasteiger partial charge is 0.0542 e. The number of benzene rings is 11. The fourth-order valence-electron chi connectivity index (χ4n) is 11.1. The first-order valence-electron chi connectivity index (χ1n) is 23.7. The van der Waals surface area contributed by atoms with Crippen LogP contribution in [0.5, 0.6) is 0 Å². The molecule has 2 aromatic heterocycles. The first-order chi connectivity index (χ1) is 34.2. The van der Waals surface area contributed by atoms with E-state index in [9.17, 15) is 0 Å². The van der Waals surface area contributed by atoms with Gasteiger partial charge in [-0.1, -0.05) is 188 Å². The standard InChI is InChI=1S/C66H42N2S/c1-3-17-43(18-4-1)44-31-33-46(34-32-44)67(48-36-40-63-61(42-48)55-26-13-15-29-62(55)68(63)45-19-5-2-6-20-45)47-35-37-54-58-38-39-59-56-27-14-16-30-64(56)69-66(59)65(58)57-28-12-11-24-52(57)50-22-8-7-21-49(50)51-23-9-10-25-53(51)60(54)41-47/h1-42H. The second kappa shape index (κ2) is 16.0. The zero-order valence-electron chi connectivity index (χ0n) is 37.6. The minimum Gasteiger partial charge on any atom is -0.310 e. The minimum absolute atomic E-state index is 1.08. The summed E-state index contributed by atoms with van der Waals surface area (Å²) < 4.78 is 5.00. The summed E-state index contributed by atoms with van der Waals surface area (Å²) in [7, 11) is 0. The van der Waals surface area contributed by atoms with Gasteiger partial charge in [-0.25, -0.2) is 0 Å². The van der Waals surface area contributed by atoms with Gasteiger partial charge in [0, 0.05) is 59.1 Å². The van der Waals surface area contributed by atoms with E-state index in [1.54, 1.807) is 0 Å². The highest BCUT2D eigenvalue weighted by Gasteiger charge is 2.20. The molecule has 0 N–H and O–H groups in total. The summed E-state index contributed by atoms with van der Waals surface area (Å²) in [5.41, 5.74) is 9.14. The van der Waals surface area contributed by atoms with E-state index >= 15 is 0 Å². The molecule has 0 aliphatic rings. The number of anilines is 3. The first kappa shape index (κ1) is 39.4. The molecule has 12 aromatic carbocycles. The highest BCUT2D eigenvalue weighted by atomic mass is 32.1. The van der Waals surface area contributed by atoms with Gasteiger partial charge in [-0.15, -0.1) is 11.3 Å². The van der Waals surface area contributed by atoms with Crippen LogP contribution in [-0.4, -0.2) is 4.57 Å². The average Bonchev–Trinajstić information content (AvgIpc) is 3.97. The fraction of sp³-hybridized carbons (Fsp3) is 0. The summed E-state index contributed by atoms with van der Waals surface area (Å²) in [5.74, 6) is 0. The van der Waals surface area contributed by atoms with Crippen LogP contribution < -0.4 is 4.90 Å². The zero-order chi connectivity index (χ0) is 45.4. The van der Waals surface area contributed by atoms with Crippen LogP contribution in [0, 0.1) is 0 Å². The number of fused-ring (bicyclic) bond motifs is 17. The molecule has 2 heterocycles. The van der Waals surface area contributed by atoms with Crippen molar-refractivity contribution < 1.29 is 0 Å². The van der Waals surface area contributed by atoms with E-state index in [1.165, 1.54) is 107 Å². The van der Waals surface area contributed by atoms with E-state index in [4.69, 9.17) is 0 Å². The van der Waals surface area contributed by atoms with Crippen molar-refractivity contribution in [1.82, 2.24) is 4.57 Å². The molecule has 14 rings (SSSR count). The monoisotopic (exact) mass is 894 g/mol. The average molecular weight is 895 g/mol. The molecule has 0 bridgehead atoms. The van der Waals surface area contributed by atoms with Crippen LogP contribution in [0.15, 0.2) is 255 Å². The second-order valence-corrected chi connectivity index (χ2v) is 19.0. The molecule has 0 unspecified atom stereocenters. The molecule has 0 atom stereocenters. The molecule has 14 aromatic rings. The number of aromatic nitrogens is 1. The Balaban J connectivity index is 1.11. The second-order valence-electron chi connectivity index (χ2n) is 18.0. The van der Waals surface area contributed by atoms with Crippen LogP contribution in [0.4, 0.5) is 17.1 Å². The molecule has 0 fully saturated rings. The molecule has 0 aliphatic carbocycles. The Morgan fingerprint density at radius 3 is 1.41 bits per heavy atom. The zero-order valence-corrected chi connectivity index (χ0v) is 38.4. The topological polar surface area (TPSA) is 8.17 Å². The lowest BCUT2D eigenvalue weighted by atomic mass is 9.93. The van der Waals surface area contributed by atoms with Crippen LogP contribution in [0.1, 0.15) is 0 Å². The summed E-state index contributed by atoms with van der Waals surface area (Å²) >= 11 is 1.90. The summed E-state index contributed by atoms with van der Waals surface area (Å²) in [6.45, 7) is 0. The lowest BCUT2D eigenvalue weighted by molar-refractivity contribution is 1.18. The summed E-state index contributed by atoms with van der Waals surface area (Å²) in [5, 5.41) is 17.3. The van der Waals surface area contributed by atoms with E-state index in [2.05, 4.69) is 264 Å². The predicted octanol–water partition coefficient (Wildman–Crippen LogP) is 19.2. The molecule has 322 valence electrons.